The molecule has 0 bridgehead atoms. The van der Waals surface area contributed by atoms with Crippen molar-refractivity contribution >= 4 is 148 Å². The van der Waals surface area contributed by atoms with Crippen LogP contribution < -0.4 is 0 Å². The standard InChI is InChI=1S/C11H27N2Si.C10H25N2Si.2C9H23N2Si.C8H21N2Si.C7H19N2Si.6C6H18NSi2.6Co/c1-8-13(9-2)10-11(3,4)12-14(5,6)7;1-6-12(7-2)10-8-9-11-13(3,4)5;1-9(2,8-11(3)4)10-12(5,6)7;1-6-11(7-2)9-8-10-12(3,4)5;1-10(2)8-6-7-9-11(3,4)5;1-9(2)7-6-8-10(3,4)5;6*1-8(2,3)7-9(4,5)6;;;;;;/h8-10H2,1-7H3;6-10H2,1-5H3;8H2,1-7H3;6-9H2,1-5H3;6-8H2,1-5H3;6-7H2,1-5H3;6*1-6H3;;;;;;/q12*-1;6*+3. The maximum Gasteiger partial charge on any atom is 3.00 e. The second-order valence-corrected chi connectivity index (χ2v) is 139. The zero-order chi connectivity index (χ0) is 105. The molecule has 0 radical (unpaired) electrons. The van der Waals surface area contributed by atoms with Gasteiger partial charge in [-0.3, -0.25) is 0 Å². The summed E-state index contributed by atoms with van der Waals surface area (Å²) < 4.78 is 28.9. The average Bonchev–Trinajstić information content (AvgIpc) is 0.891. The number of hydrogen-bond acceptors (Lipinski definition) is 6. The SMILES string of the molecule is CCN(CC)CC(C)(C)[N-][Si](C)(C)C.CCN(CC)CCC[N-][Si](C)(C)C.CCN(CC)CC[N-][Si](C)(C)C.CN(C)CC(C)(C)[N-][Si](C)(C)C.CN(C)CCC[N-][Si](C)(C)C.CN(C)CC[N-][Si](C)(C)C.C[Si](C)(C)[N-][Si](C)(C)C.C[Si](C)(C)[N-][Si](C)(C)C.C[Si](C)(C)[N-][Si](C)(C)C.C[Si](C)(C)[N-][Si](C)(C)C.C[Si](C)(C)[N-][Si](C)(C)C.C[Si](C)(C)[N-][Si](C)(C)C.[Co+3].[Co+3].[Co+3].[Co+3].[Co+3].[Co+3]. The van der Waals surface area contributed by atoms with Crippen LogP contribution >= 0.6 is 0 Å². The van der Waals surface area contributed by atoms with E-state index in [9.17, 15) is 0 Å². The fourth-order valence-electron chi connectivity index (χ4n) is 13.4. The Bertz CT molecular complexity index is 2190. The van der Waals surface area contributed by atoms with Crippen LogP contribution in [0.5, 0.6) is 0 Å². The van der Waals surface area contributed by atoms with Crippen LogP contribution in [0.2, 0.25) is 354 Å². The van der Waals surface area contributed by atoms with E-state index in [1.807, 2.05) is 0 Å². The molecular weight excluding hydrogens is 2190 g/mol. The van der Waals surface area contributed by atoms with Gasteiger partial charge < -0.3 is 87.2 Å². The Balaban J connectivity index is -0.0000000670. The van der Waals surface area contributed by atoms with Crippen LogP contribution in [-0.4, -0.2) is 336 Å². The second kappa shape index (κ2) is 83.9. The van der Waals surface area contributed by atoms with Gasteiger partial charge in [-0.25, -0.2) is 0 Å². The summed E-state index contributed by atoms with van der Waals surface area (Å²) in [6.45, 7) is 164. The number of nitrogens with zero attached hydrogens (tertiary/aromatic N) is 18. The van der Waals surface area contributed by atoms with Crippen molar-refractivity contribution < 1.29 is 101 Å². The van der Waals surface area contributed by atoms with Crippen LogP contribution in [0.4, 0.5) is 0 Å². The smallest absolute Gasteiger partial charge is 0.668 e. The minimum Gasteiger partial charge on any atom is -0.668 e. The Hall–Kier alpha value is 6.22. The zero-order valence-corrected chi connectivity index (χ0v) is 127. The van der Waals surface area contributed by atoms with Gasteiger partial charge in [0.1, 0.15) is 0 Å². The molecule has 0 heterocycles. The molecule has 0 aliphatic heterocycles. The van der Waals surface area contributed by atoms with Crippen LogP contribution in [0.3, 0.4) is 0 Å². The van der Waals surface area contributed by atoms with Gasteiger partial charge >= 0.3 is 101 Å². The summed E-state index contributed by atoms with van der Waals surface area (Å²) in [5, 5.41) is 0. The summed E-state index contributed by atoms with van der Waals surface area (Å²) in [4.78, 5) is 42.4. The first-order chi connectivity index (χ1) is 54.4. The third-order valence-electron chi connectivity index (χ3n) is 14.0. The molecule has 0 atom stereocenters. The van der Waals surface area contributed by atoms with Gasteiger partial charge in [-0.2, -0.15) is 0 Å². The van der Waals surface area contributed by atoms with Crippen molar-refractivity contribution in [1.82, 2.24) is 29.4 Å². The molecule has 0 aromatic carbocycles. The predicted octanol–water partition coefficient (Wildman–Crippen LogP) is 33.4. The van der Waals surface area contributed by atoms with E-state index in [1.54, 1.807) is 0 Å². The van der Waals surface area contributed by atoms with Crippen LogP contribution in [0.15, 0.2) is 0 Å². The monoisotopic (exact) mass is 2440 g/mol. The fraction of sp³-hybridized carbons (Fsp3) is 1.00. The Kier molecular flexibility index (Phi) is 114. The van der Waals surface area contributed by atoms with Crippen molar-refractivity contribution in [2.75, 3.05) is 147 Å². The molecule has 0 unspecified atom stereocenters. The topological polar surface area (TPSA) is 189 Å². The van der Waals surface area contributed by atoms with Gasteiger partial charge in [0.05, 0.1) is 0 Å². The van der Waals surface area contributed by atoms with E-state index >= 15 is 0 Å². The summed E-state index contributed by atoms with van der Waals surface area (Å²) in [5.41, 5.74) is 0.241. The maximum absolute atomic E-state index is 4.97. The van der Waals surface area contributed by atoms with Crippen LogP contribution in [-0.2, 0) is 101 Å². The Labute approximate surface area is 920 Å². The summed E-state index contributed by atoms with van der Waals surface area (Å²) in [6, 6.07) is 0. The molecule has 0 aliphatic rings. The van der Waals surface area contributed by atoms with Gasteiger partial charge in [0.25, 0.3) is 0 Å². The largest absolute Gasteiger partial charge is 3.00 e. The third-order valence-corrected chi connectivity index (χ3v) is 53.4. The molecule has 816 valence electrons. The fourth-order valence-corrected chi connectivity index (χ4v) is 68.7. The Morgan fingerprint density at radius 2 is 0.333 bits per heavy atom. The molecule has 0 aromatic heterocycles. The van der Waals surface area contributed by atoms with Crippen molar-refractivity contribution in [3.8, 4) is 0 Å². The van der Waals surface area contributed by atoms with Gasteiger partial charge in [-0.05, 0) is 121 Å². The molecule has 0 fully saturated rings. The van der Waals surface area contributed by atoms with E-state index in [4.69, 9.17) is 42.8 Å². The van der Waals surface area contributed by atoms with E-state index in [0.717, 1.165) is 85.1 Å². The maximum atomic E-state index is 4.97. The molecule has 0 N–H and O–H groups in total. The Morgan fingerprint density at radius 1 is 0.174 bits per heavy atom. The van der Waals surface area contributed by atoms with E-state index < -0.39 is 148 Å². The normalized spacial score (nSPS) is 12.8. The molecule has 0 aromatic rings. The van der Waals surface area contributed by atoms with E-state index in [0.29, 0.717) is 0 Å². The molecule has 0 saturated carbocycles. The summed E-state index contributed by atoms with van der Waals surface area (Å²) in [7, 11) is -7.79. The van der Waals surface area contributed by atoms with E-state index in [2.05, 4.69) is 509 Å². The molecule has 0 spiro atoms. The number of likely N-dealkylation sites (N-methyl/N-ethyl adjacent to an activating group) is 4. The molecule has 18 nitrogen and oxygen atoms in total. The minimum atomic E-state index is -1.29. The molecule has 132 heavy (non-hydrogen) atoms. The van der Waals surface area contributed by atoms with Crippen molar-refractivity contribution in [2.24, 2.45) is 0 Å². The molecule has 0 amide bonds. The van der Waals surface area contributed by atoms with E-state index in [1.165, 1.54) is 32.5 Å². The summed E-state index contributed by atoms with van der Waals surface area (Å²) in [6.07, 6.45) is 2.43. The molecule has 42 heteroatoms. The van der Waals surface area contributed by atoms with Crippen molar-refractivity contribution in [1.29, 1.82) is 0 Å². The average molecular weight is 2440 g/mol. The second-order valence-electron chi connectivity index (χ2n) is 54.2. The van der Waals surface area contributed by atoms with Crippen LogP contribution in [0.1, 0.15) is 82.1 Å². The first-order valence-electron chi connectivity index (χ1n) is 49.2. The van der Waals surface area contributed by atoms with Gasteiger partial charge in [0.15, 0.2) is 0 Å². The first-order valence-corrected chi connectivity index (χ1v) is 111. The molecule has 0 saturated heterocycles. The van der Waals surface area contributed by atoms with Gasteiger partial charge in [-0.1, -0.05) is 584 Å². The van der Waals surface area contributed by atoms with Gasteiger partial charge in [0, 0.05) is 0 Å². The molecule has 0 aliphatic carbocycles. The Morgan fingerprint density at radius 3 is 0.477 bits per heavy atom. The van der Waals surface area contributed by atoms with Crippen LogP contribution in [0.25, 0.3) is 57.8 Å². The quantitative estimate of drug-likeness (QED) is 0.0431. The van der Waals surface area contributed by atoms with E-state index in [-0.39, 0.29) is 112 Å². The van der Waals surface area contributed by atoms with Crippen molar-refractivity contribution in [3.05, 3.63) is 57.8 Å². The first kappa shape index (κ1) is 180. The third kappa shape index (κ3) is 221. The van der Waals surface area contributed by atoms with Crippen molar-refractivity contribution in [2.45, 2.75) is 447 Å². The van der Waals surface area contributed by atoms with Gasteiger partial charge in [0.2, 0.25) is 0 Å². The van der Waals surface area contributed by atoms with Crippen LogP contribution in [0, 0.1) is 0 Å². The number of hydrogen-bond donors (Lipinski definition) is 0. The molecule has 0 rings (SSSR count). The predicted molar refractivity (Wildman–Crippen MR) is 656 cm³/mol. The zero-order valence-electron chi connectivity index (χ0n) is 103. The minimum absolute atomic E-state index is 0. The summed E-state index contributed by atoms with van der Waals surface area (Å²) in [5.74, 6) is 0. The molecular formula is C90H246Co6N18Si18+6. The number of rotatable bonds is 44. The van der Waals surface area contributed by atoms with Gasteiger partial charge in [-0.15, -0.1) is 37.3 Å². The van der Waals surface area contributed by atoms with Crippen molar-refractivity contribution in [3.63, 3.8) is 0 Å². The summed E-state index contributed by atoms with van der Waals surface area (Å²) >= 11 is 0.